The lowest BCUT2D eigenvalue weighted by Gasteiger charge is -2.48. The van der Waals surface area contributed by atoms with Gasteiger partial charge >= 0.3 is 5.97 Å². The number of hydrogen-bond donors (Lipinski definition) is 1. The predicted molar refractivity (Wildman–Crippen MR) is 130 cm³/mol. The molecule has 1 aromatic heterocycles. The van der Waals surface area contributed by atoms with Gasteiger partial charge in [0.1, 0.15) is 23.4 Å². The zero-order valence-electron chi connectivity index (χ0n) is 17.4. The van der Waals surface area contributed by atoms with Gasteiger partial charge in [0.2, 0.25) is 5.91 Å². The second-order valence-electron chi connectivity index (χ2n) is 7.49. The lowest BCUT2D eigenvalue weighted by Crippen LogP contribution is -2.68. The van der Waals surface area contributed by atoms with Gasteiger partial charge < -0.3 is 10.5 Å². The minimum absolute atomic E-state index is 0.248. The Morgan fingerprint density at radius 2 is 1.82 bits per heavy atom. The molecule has 0 spiro atoms. The number of esters is 1. The number of amides is 1. The van der Waals surface area contributed by atoms with E-state index < -0.39 is 18.1 Å². The molecule has 2 aromatic carbocycles. The SMILES string of the molecule is NC1C(=O)N2C(C(=O)OC(c3ccccc3)c3ccccc3)=C(CSc3ncns3)CS[C@@H]12. The summed E-state index contributed by atoms with van der Waals surface area (Å²) in [7, 11) is 0. The van der Waals surface area contributed by atoms with Gasteiger partial charge in [0.25, 0.3) is 0 Å². The van der Waals surface area contributed by atoms with E-state index >= 15 is 0 Å². The van der Waals surface area contributed by atoms with Crippen LogP contribution in [0.2, 0.25) is 0 Å². The molecule has 10 heteroatoms. The fraction of sp³-hybridized carbons (Fsp3) is 0.217. The summed E-state index contributed by atoms with van der Waals surface area (Å²) in [6.07, 6.45) is 0.910. The standard InChI is InChI=1S/C23H20N4O3S3/c24-17-20(28)27-18(16(11-31-21(17)27)12-32-23-25-13-26-33-23)22(29)30-19(14-7-3-1-4-8-14)15-9-5-2-6-10-15/h1-10,13,17,19,21H,11-12,24H2/t17?,21-/m0/s1. The molecule has 2 aliphatic rings. The maximum Gasteiger partial charge on any atom is 0.356 e. The second-order valence-corrected chi connectivity index (χ2v) is 10.6. The molecule has 1 saturated heterocycles. The van der Waals surface area contributed by atoms with E-state index in [2.05, 4.69) is 9.36 Å². The summed E-state index contributed by atoms with van der Waals surface area (Å²) in [5.41, 5.74) is 8.86. The molecule has 1 unspecified atom stereocenters. The Bertz CT molecular complexity index is 1130. The molecule has 1 fully saturated rings. The Balaban J connectivity index is 1.47. The Hall–Kier alpha value is -2.66. The van der Waals surface area contributed by atoms with Crippen molar-refractivity contribution in [3.8, 4) is 0 Å². The van der Waals surface area contributed by atoms with Crippen LogP contribution in [0.25, 0.3) is 0 Å². The quantitative estimate of drug-likeness (QED) is 0.302. The molecule has 5 rings (SSSR count). The number of aromatic nitrogens is 2. The van der Waals surface area contributed by atoms with Gasteiger partial charge in [0.05, 0.1) is 0 Å². The first kappa shape index (κ1) is 22.1. The van der Waals surface area contributed by atoms with E-state index in [9.17, 15) is 9.59 Å². The molecule has 2 aliphatic heterocycles. The molecule has 33 heavy (non-hydrogen) atoms. The van der Waals surface area contributed by atoms with E-state index in [-0.39, 0.29) is 11.3 Å². The number of ether oxygens (including phenoxy) is 1. The summed E-state index contributed by atoms with van der Waals surface area (Å²) in [6, 6.07) is 18.6. The molecule has 168 valence electrons. The van der Waals surface area contributed by atoms with E-state index in [1.807, 2.05) is 60.7 Å². The molecule has 2 atom stereocenters. The van der Waals surface area contributed by atoms with E-state index in [1.165, 1.54) is 34.5 Å². The summed E-state index contributed by atoms with van der Waals surface area (Å²) < 4.78 is 10.9. The summed E-state index contributed by atoms with van der Waals surface area (Å²) in [5, 5.41) is -0.248. The Kier molecular flexibility index (Phi) is 6.50. The molecule has 0 bridgehead atoms. The van der Waals surface area contributed by atoms with Gasteiger partial charge in [-0.1, -0.05) is 72.4 Å². The third-order valence-corrected chi connectivity index (χ3v) is 8.67. The molecule has 3 aromatic rings. The van der Waals surface area contributed by atoms with Crippen LogP contribution in [0.5, 0.6) is 0 Å². The minimum Gasteiger partial charge on any atom is -0.448 e. The molecular weight excluding hydrogens is 476 g/mol. The molecule has 0 saturated carbocycles. The van der Waals surface area contributed by atoms with Crippen molar-refractivity contribution in [1.29, 1.82) is 0 Å². The Morgan fingerprint density at radius 1 is 1.15 bits per heavy atom. The van der Waals surface area contributed by atoms with Crippen LogP contribution < -0.4 is 5.73 Å². The van der Waals surface area contributed by atoms with E-state index in [4.69, 9.17) is 10.5 Å². The maximum absolute atomic E-state index is 13.6. The Morgan fingerprint density at radius 3 is 2.42 bits per heavy atom. The molecule has 0 radical (unpaired) electrons. The van der Waals surface area contributed by atoms with E-state index in [1.54, 1.807) is 11.8 Å². The van der Waals surface area contributed by atoms with Gasteiger partial charge in [-0.15, -0.1) is 11.8 Å². The highest BCUT2D eigenvalue weighted by molar-refractivity contribution is 8.01. The van der Waals surface area contributed by atoms with Crippen molar-refractivity contribution in [3.05, 3.63) is 89.4 Å². The highest BCUT2D eigenvalue weighted by Crippen LogP contribution is 2.42. The summed E-state index contributed by atoms with van der Waals surface area (Å²) in [4.78, 5) is 31.9. The third-order valence-electron chi connectivity index (χ3n) is 5.42. The lowest BCUT2D eigenvalue weighted by atomic mass is 10.0. The zero-order chi connectivity index (χ0) is 22.8. The zero-order valence-corrected chi connectivity index (χ0v) is 19.8. The van der Waals surface area contributed by atoms with Crippen LogP contribution in [0.15, 0.2) is 82.6 Å². The van der Waals surface area contributed by atoms with Crippen LogP contribution in [-0.4, -0.2) is 49.1 Å². The number of β-lactam (4-membered cyclic amide) rings is 1. The maximum atomic E-state index is 13.6. The number of hydrogen-bond acceptors (Lipinski definition) is 9. The fourth-order valence-electron chi connectivity index (χ4n) is 3.80. The van der Waals surface area contributed by atoms with E-state index in [0.29, 0.717) is 17.2 Å². The van der Waals surface area contributed by atoms with Crippen LogP contribution in [-0.2, 0) is 14.3 Å². The molecule has 0 aliphatic carbocycles. The van der Waals surface area contributed by atoms with Gasteiger partial charge in [0.15, 0.2) is 10.4 Å². The van der Waals surface area contributed by atoms with E-state index in [0.717, 1.165) is 21.0 Å². The normalized spacial score (nSPS) is 19.9. The first-order valence-electron chi connectivity index (χ1n) is 10.3. The summed E-state index contributed by atoms with van der Waals surface area (Å²) in [5.74, 6) is 0.332. The van der Waals surface area contributed by atoms with Crippen LogP contribution in [0.1, 0.15) is 17.2 Å². The van der Waals surface area contributed by atoms with Gasteiger partial charge in [-0.2, -0.15) is 4.37 Å². The van der Waals surface area contributed by atoms with Crippen molar-refractivity contribution in [2.24, 2.45) is 5.73 Å². The van der Waals surface area contributed by atoms with Gasteiger partial charge in [-0.3, -0.25) is 9.69 Å². The van der Waals surface area contributed by atoms with Crippen molar-refractivity contribution in [1.82, 2.24) is 14.3 Å². The predicted octanol–water partition coefficient (Wildman–Crippen LogP) is 3.46. The highest BCUT2D eigenvalue weighted by Gasteiger charge is 2.52. The van der Waals surface area contributed by atoms with Crippen LogP contribution >= 0.6 is 35.1 Å². The number of carbonyl (C=O) groups excluding carboxylic acids is 2. The molecule has 2 N–H and O–H groups in total. The smallest absolute Gasteiger partial charge is 0.356 e. The molecular formula is C23H20N4O3S3. The van der Waals surface area contributed by atoms with Crippen LogP contribution in [0, 0.1) is 0 Å². The van der Waals surface area contributed by atoms with Gasteiger partial charge in [0, 0.05) is 11.5 Å². The first-order chi connectivity index (χ1) is 16.1. The number of fused-ring (bicyclic) bond motifs is 1. The third kappa shape index (κ3) is 4.43. The average molecular weight is 497 g/mol. The minimum atomic E-state index is -0.603. The van der Waals surface area contributed by atoms with Crippen molar-refractivity contribution < 1.29 is 14.3 Å². The number of thioether (sulfide) groups is 2. The first-order valence-corrected chi connectivity index (χ1v) is 13.1. The van der Waals surface area contributed by atoms with Crippen molar-refractivity contribution in [3.63, 3.8) is 0 Å². The van der Waals surface area contributed by atoms with Gasteiger partial charge in [-0.05, 0) is 28.2 Å². The van der Waals surface area contributed by atoms with Crippen LogP contribution in [0.3, 0.4) is 0 Å². The number of rotatable bonds is 7. The highest BCUT2D eigenvalue weighted by atomic mass is 32.2. The average Bonchev–Trinajstić information content (AvgIpc) is 3.39. The monoisotopic (exact) mass is 496 g/mol. The number of nitrogens with two attached hydrogens (primary N) is 1. The summed E-state index contributed by atoms with van der Waals surface area (Å²) in [6.45, 7) is 0. The van der Waals surface area contributed by atoms with Crippen molar-refractivity contribution >= 4 is 46.9 Å². The van der Waals surface area contributed by atoms with Gasteiger partial charge in [-0.25, -0.2) is 9.78 Å². The Labute approximate surface area is 203 Å². The fourth-order valence-corrected chi connectivity index (χ4v) is 6.68. The second kappa shape index (κ2) is 9.68. The molecule has 1 amide bonds. The number of benzene rings is 2. The lowest BCUT2D eigenvalue weighted by molar-refractivity contribution is -0.153. The number of carbonyl (C=O) groups is 2. The van der Waals surface area contributed by atoms with Crippen molar-refractivity contribution in [2.45, 2.75) is 21.9 Å². The van der Waals surface area contributed by atoms with Crippen LogP contribution in [0.4, 0.5) is 0 Å². The molecule has 3 heterocycles. The number of nitrogens with zero attached hydrogens (tertiary/aromatic N) is 3. The topological polar surface area (TPSA) is 98.4 Å². The largest absolute Gasteiger partial charge is 0.448 e. The van der Waals surface area contributed by atoms with Crippen molar-refractivity contribution in [2.75, 3.05) is 11.5 Å². The molecule has 7 nitrogen and oxygen atoms in total. The summed E-state index contributed by atoms with van der Waals surface area (Å²) >= 11 is 4.36.